The van der Waals surface area contributed by atoms with Crippen molar-refractivity contribution in [3.8, 4) is 11.1 Å². The maximum atomic E-state index is 12.8. The zero-order valence-electron chi connectivity index (χ0n) is 19.4. The van der Waals surface area contributed by atoms with Gasteiger partial charge in [-0.2, -0.15) is 0 Å². The molecule has 3 aromatic carbocycles. The molecule has 4 rings (SSSR count). The normalized spacial score (nSPS) is 13.7. The molecule has 0 radical (unpaired) electrons. The molecular weight excluding hydrogens is 444 g/mol. The second-order valence-electron chi connectivity index (χ2n) is 8.52. The van der Waals surface area contributed by atoms with E-state index in [1.54, 1.807) is 19.1 Å². The molecule has 0 heterocycles. The van der Waals surface area contributed by atoms with Crippen molar-refractivity contribution in [2.24, 2.45) is 0 Å². The molecule has 1 aliphatic rings. The number of carbonyl (C=O) groups is 3. The van der Waals surface area contributed by atoms with E-state index in [2.05, 4.69) is 22.8 Å². The molecule has 0 bridgehead atoms. The molecule has 2 amide bonds. The van der Waals surface area contributed by atoms with Gasteiger partial charge in [-0.1, -0.05) is 85.8 Å². The molecule has 0 saturated carbocycles. The summed E-state index contributed by atoms with van der Waals surface area (Å²) >= 11 is 0. The van der Waals surface area contributed by atoms with E-state index < -0.39 is 30.1 Å². The van der Waals surface area contributed by atoms with Crippen LogP contribution in [-0.2, 0) is 20.7 Å². The van der Waals surface area contributed by atoms with Gasteiger partial charge in [0.15, 0.2) is 0 Å². The summed E-state index contributed by atoms with van der Waals surface area (Å²) in [7, 11) is 0. The Balaban J connectivity index is 1.36. The number of carboxylic acid groups (broad SMARTS) is 1. The number of amides is 2. The zero-order chi connectivity index (χ0) is 24.8. The monoisotopic (exact) mass is 472 g/mol. The van der Waals surface area contributed by atoms with Gasteiger partial charge in [-0.15, -0.1) is 0 Å². The summed E-state index contributed by atoms with van der Waals surface area (Å²) in [4.78, 5) is 37.0. The summed E-state index contributed by atoms with van der Waals surface area (Å²) in [5.74, 6) is -1.80. The van der Waals surface area contributed by atoms with Gasteiger partial charge < -0.3 is 20.5 Å². The number of carbonyl (C=O) groups excluding carboxylic acids is 2. The van der Waals surface area contributed by atoms with E-state index in [1.807, 2.05) is 54.6 Å². The Kier molecular flexibility index (Phi) is 7.45. The van der Waals surface area contributed by atoms with Gasteiger partial charge in [-0.05, 0) is 34.2 Å². The second kappa shape index (κ2) is 10.9. The molecule has 7 nitrogen and oxygen atoms in total. The van der Waals surface area contributed by atoms with Crippen LogP contribution in [0.5, 0.6) is 0 Å². The number of nitrogens with one attached hydrogen (secondary N) is 2. The van der Waals surface area contributed by atoms with Gasteiger partial charge in [0.1, 0.15) is 18.7 Å². The Morgan fingerprint density at radius 2 is 1.40 bits per heavy atom. The Morgan fingerprint density at radius 3 is 1.97 bits per heavy atom. The van der Waals surface area contributed by atoms with Gasteiger partial charge in [0.25, 0.3) is 0 Å². The summed E-state index contributed by atoms with van der Waals surface area (Å²) in [6.45, 7) is 1.87. The van der Waals surface area contributed by atoms with Crippen molar-refractivity contribution in [1.29, 1.82) is 0 Å². The highest BCUT2D eigenvalue weighted by atomic mass is 16.5. The number of ether oxygens (including phenoxy) is 1. The molecule has 0 unspecified atom stereocenters. The minimum Gasteiger partial charge on any atom is -0.480 e. The number of carboxylic acids is 1. The highest BCUT2D eigenvalue weighted by Gasteiger charge is 2.30. The maximum Gasteiger partial charge on any atom is 0.407 e. The average molecular weight is 473 g/mol. The molecule has 1 aliphatic carbocycles. The van der Waals surface area contributed by atoms with Crippen molar-refractivity contribution in [3.63, 3.8) is 0 Å². The lowest BCUT2D eigenvalue weighted by Crippen LogP contribution is -2.52. The third-order valence-corrected chi connectivity index (χ3v) is 6.26. The predicted octanol–water partition coefficient (Wildman–Crippen LogP) is 4.12. The maximum absolute atomic E-state index is 12.8. The van der Waals surface area contributed by atoms with Crippen LogP contribution in [0.4, 0.5) is 4.79 Å². The Bertz CT molecular complexity index is 1170. The predicted molar refractivity (Wildman–Crippen MR) is 132 cm³/mol. The lowest BCUT2D eigenvalue weighted by Gasteiger charge is -2.21. The molecule has 7 heteroatoms. The van der Waals surface area contributed by atoms with E-state index >= 15 is 0 Å². The number of hydrogen-bond donors (Lipinski definition) is 3. The van der Waals surface area contributed by atoms with Gasteiger partial charge in [-0.3, -0.25) is 4.79 Å². The van der Waals surface area contributed by atoms with Crippen LogP contribution < -0.4 is 10.6 Å². The second-order valence-corrected chi connectivity index (χ2v) is 8.52. The first kappa shape index (κ1) is 24.0. The lowest BCUT2D eigenvalue weighted by atomic mass is 9.98. The van der Waals surface area contributed by atoms with Gasteiger partial charge >= 0.3 is 12.1 Å². The van der Waals surface area contributed by atoms with Crippen LogP contribution in [0.15, 0.2) is 78.9 Å². The lowest BCUT2D eigenvalue weighted by molar-refractivity contribution is -0.142. The SMILES string of the molecule is CC[C@H](NC(=O)OCC1c2ccccc2-c2ccccc21)C(=O)N[C@H](Cc1ccccc1)C(=O)O. The number of hydrogen-bond acceptors (Lipinski definition) is 4. The fourth-order valence-electron chi connectivity index (χ4n) is 4.46. The molecule has 3 aromatic rings. The Hall–Kier alpha value is -4.13. The van der Waals surface area contributed by atoms with Gasteiger partial charge in [0.05, 0.1) is 0 Å². The molecule has 35 heavy (non-hydrogen) atoms. The van der Waals surface area contributed by atoms with Crippen LogP contribution >= 0.6 is 0 Å². The van der Waals surface area contributed by atoms with Crippen LogP contribution in [0.25, 0.3) is 11.1 Å². The van der Waals surface area contributed by atoms with Crippen molar-refractivity contribution in [1.82, 2.24) is 10.6 Å². The van der Waals surface area contributed by atoms with Crippen molar-refractivity contribution in [2.75, 3.05) is 6.61 Å². The van der Waals surface area contributed by atoms with E-state index in [0.717, 1.165) is 27.8 Å². The summed E-state index contributed by atoms with van der Waals surface area (Å²) in [5, 5.41) is 14.7. The topological polar surface area (TPSA) is 105 Å². The fraction of sp³-hybridized carbons (Fsp3) is 0.250. The molecule has 2 atom stereocenters. The van der Waals surface area contributed by atoms with Crippen LogP contribution in [0.3, 0.4) is 0 Å². The number of alkyl carbamates (subject to hydrolysis) is 1. The average Bonchev–Trinajstić information content (AvgIpc) is 3.19. The molecule has 0 saturated heterocycles. The molecule has 0 spiro atoms. The Morgan fingerprint density at radius 1 is 0.829 bits per heavy atom. The zero-order valence-corrected chi connectivity index (χ0v) is 19.4. The number of rotatable bonds is 9. The number of fused-ring (bicyclic) bond motifs is 3. The van der Waals surface area contributed by atoms with E-state index in [0.29, 0.717) is 0 Å². The molecule has 180 valence electrons. The van der Waals surface area contributed by atoms with Crippen molar-refractivity contribution >= 4 is 18.0 Å². The highest BCUT2D eigenvalue weighted by molar-refractivity contribution is 5.89. The standard InChI is InChI=1S/C28H28N2O5/c1-2-24(26(31)29-25(27(32)33)16-18-10-4-3-5-11-18)30-28(34)35-17-23-21-14-8-6-12-19(21)20-13-7-9-15-22(20)23/h3-15,23-25H,2,16-17H2,1H3,(H,29,31)(H,30,34)(H,32,33)/t24-,25+/m0/s1. The Labute approximate surface area is 204 Å². The first-order valence-electron chi connectivity index (χ1n) is 11.7. The first-order valence-corrected chi connectivity index (χ1v) is 11.7. The van der Waals surface area contributed by atoms with Gasteiger partial charge in [0.2, 0.25) is 5.91 Å². The van der Waals surface area contributed by atoms with E-state index in [4.69, 9.17) is 4.74 Å². The molecule has 3 N–H and O–H groups in total. The quantitative estimate of drug-likeness (QED) is 0.435. The molecular formula is C28H28N2O5. The first-order chi connectivity index (χ1) is 17.0. The third-order valence-electron chi connectivity index (χ3n) is 6.26. The number of aliphatic carboxylic acids is 1. The van der Waals surface area contributed by atoms with Crippen molar-refractivity contribution < 1.29 is 24.2 Å². The van der Waals surface area contributed by atoms with E-state index in [1.165, 1.54) is 0 Å². The van der Waals surface area contributed by atoms with E-state index in [9.17, 15) is 19.5 Å². The summed E-state index contributed by atoms with van der Waals surface area (Å²) in [6.07, 6.45) is -0.291. The molecule has 0 aromatic heterocycles. The van der Waals surface area contributed by atoms with Crippen molar-refractivity contribution in [3.05, 3.63) is 95.6 Å². The highest BCUT2D eigenvalue weighted by Crippen LogP contribution is 2.44. The molecule has 0 fully saturated rings. The molecule has 0 aliphatic heterocycles. The number of benzene rings is 3. The van der Waals surface area contributed by atoms with Crippen LogP contribution in [0, 0.1) is 0 Å². The summed E-state index contributed by atoms with van der Waals surface area (Å²) < 4.78 is 5.52. The van der Waals surface area contributed by atoms with Crippen LogP contribution in [-0.4, -0.2) is 41.8 Å². The summed E-state index contributed by atoms with van der Waals surface area (Å²) in [6, 6.07) is 23.1. The van der Waals surface area contributed by atoms with Gasteiger partial charge in [-0.25, -0.2) is 9.59 Å². The van der Waals surface area contributed by atoms with Crippen LogP contribution in [0.1, 0.15) is 36.0 Å². The minimum absolute atomic E-state index is 0.0932. The van der Waals surface area contributed by atoms with Crippen molar-refractivity contribution in [2.45, 2.75) is 37.8 Å². The summed E-state index contributed by atoms with van der Waals surface area (Å²) in [5.41, 5.74) is 5.23. The van der Waals surface area contributed by atoms with E-state index in [-0.39, 0.29) is 25.4 Å². The largest absolute Gasteiger partial charge is 0.480 e. The van der Waals surface area contributed by atoms with Gasteiger partial charge in [0, 0.05) is 12.3 Å². The van der Waals surface area contributed by atoms with Crippen LogP contribution in [0.2, 0.25) is 0 Å². The third kappa shape index (κ3) is 5.51. The fourth-order valence-corrected chi connectivity index (χ4v) is 4.46. The smallest absolute Gasteiger partial charge is 0.407 e. The minimum atomic E-state index is -1.14.